The van der Waals surface area contributed by atoms with Crippen molar-refractivity contribution in [2.75, 3.05) is 52.4 Å². The number of hydrogen-bond donors (Lipinski definition) is 0. The van der Waals surface area contributed by atoms with Gasteiger partial charge in [-0.1, -0.05) is 19.3 Å². The van der Waals surface area contributed by atoms with Gasteiger partial charge >= 0.3 is 0 Å². The average Bonchev–Trinajstić information content (AvgIpc) is 3.04. The minimum atomic E-state index is -0.215. The topological polar surface area (TPSA) is 33.1 Å². The third-order valence-corrected chi connectivity index (χ3v) is 6.41. The maximum atomic E-state index is 6.47. The predicted molar refractivity (Wildman–Crippen MR) is 95.7 cm³/mol. The van der Waals surface area contributed by atoms with E-state index in [4.69, 9.17) is 10.1 Å². The summed E-state index contributed by atoms with van der Waals surface area (Å²) >= 11 is 0. The van der Waals surface area contributed by atoms with Crippen LogP contribution in [0.25, 0.3) is 0 Å². The normalized spacial score (nSPS) is 38.2. The standard InChI is InChI=1S/C19H35N4O/c1-2-5-14-22(13-4-1)19(23-15-6-3-7-16-23)18(24-17-10-20-19)21-11-8-9-12-21/h18H,1-17H2. The number of hydrogen-bond acceptors (Lipinski definition) is 4. The Morgan fingerprint density at radius 2 is 1.17 bits per heavy atom. The molecule has 137 valence electrons. The van der Waals surface area contributed by atoms with Gasteiger partial charge in [-0.3, -0.25) is 14.7 Å². The van der Waals surface area contributed by atoms with Gasteiger partial charge in [0.2, 0.25) is 0 Å². The number of likely N-dealkylation sites (tertiary alicyclic amines) is 3. The fourth-order valence-electron chi connectivity index (χ4n) is 5.23. The van der Waals surface area contributed by atoms with Gasteiger partial charge < -0.3 is 4.74 Å². The lowest BCUT2D eigenvalue weighted by Gasteiger charge is -2.58. The minimum absolute atomic E-state index is 0.143. The van der Waals surface area contributed by atoms with Crippen LogP contribution in [0.1, 0.15) is 57.8 Å². The van der Waals surface area contributed by atoms with E-state index in [1.807, 2.05) is 0 Å². The second-order valence-corrected chi connectivity index (χ2v) is 7.98. The molecule has 0 aliphatic carbocycles. The summed E-state index contributed by atoms with van der Waals surface area (Å²) < 4.78 is 6.47. The molecule has 0 saturated carbocycles. The molecule has 4 aliphatic heterocycles. The van der Waals surface area contributed by atoms with Crippen LogP contribution in [0.4, 0.5) is 0 Å². The molecule has 4 saturated heterocycles. The fourth-order valence-corrected chi connectivity index (χ4v) is 5.23. The number of nitrogens with zero attached hydrogens (tertiary/aromatic N) is 4. The Morgan fingerprint density at radius 1 is 0.667 bits per heavy atom. The highest BCUT2D eigenvalue weighted by Gasteiger charge is 2.54. The van der Waals surface area contributed by atoms with Crippen LogP contribution in [-0.2, 0) is 4.74 Å². The largest absolute Gasteiger partial charge is 0.357 e. The van der Waals surface area contributed by atoms with Crippen LogP contribution in [0.5, 0.6) is 0 Å². The van der Waals surface area contributed by atoms with Crippen LogP contribution in [0.3, 0.4) is 0 Å². The zero-order valence-electron chi connectivity index (χ0n) is 15.3. The lowest BCUT2D eigenvalue weighted by Crippen LogP contribution is -2.78. The van der Waals surface area contributed by atoms with Crippen molar-refractivity contribution in [3.8, 4) is 0 Å². The summed E-state index contributed by atoms with van der Waals surface area (Å²) in [5.41, 5.74) is 0. The monoisotopic (exact) mass is 335 g/mol. The third-order valence-electron chi connectivity index (χ3n) is 6.41. The molecule has 1 radical (unpaired) electrons. The van der Waals surface area contributed by atoms with E-state index in [0.717, 1.165) is 13.2 Å². The van der Waals surface area contributed by atoms with Crippen LogP contribution >= 0.6 is 0 Å². The molecule has 0 aromatic heterocycles. The van der Waals surface area contributed by atoms with Crippen molar-refractivity contribution in [2.24, 2.45) is 0 Å². The molecule has 5 nitrogen and oxygen atoms in total. The van der Waals surface area contributed by atoms with Crippen molar-refractivity contribution in [1.29, 1.82) is 0 Å². The van der Waals surface area contributed by atoms with Crippen LogP contribution in [0.2, 0.25) is 0 Å². The molecule has 0 bridgehead atoms. The maximum Gasteiger partial charge on any atom is 0.185 e. The van der Waals surface area contributed by atoms with Crippen LogP contribution < -0.4 is 5.32 Å². The van der Waals surface area contributed by atoms with Crippen LogP contribution in [0, 0.1) is 0 Å². The second kappa shape index (κ2) is 8.00. The summed E-state index contributed by atoms with van der Waals surface area (Å²) in [6, 6.07) is 0. The summed E-state index contributed by atoms with van der Waals surface area (Å²) in [5, 5.41) is 5.36. The van der Waals surface area contributed by atoms with Gasteiger partial charge in [-0.2, -0.15) is 5.32 Å². The van der Waals surface area contributed by atoms with E-state index in [9.17, 15) is 0 Å². The first-order valence-corrected chi connectivity index (χ1v) is 10.5. The highest BCUT2D eigenvalue weighted by molar-refractivity contribution is 4.99. The molecule has 4 heterocycles. The second-order valence-electron chi connectivity index (χ2n) is 7.98. The first-order chi connectivity index (χ1) is 11.9. The lowest BCUT2D eigenvalue weighted by atomic mass is 10.0. The Balaban J connectivity index is 1.66. The van der Waals surface area contributed by atoms with Gasteiger partial charge in [-0.15, -0.1) is 0 Å². The molecule has 4 fully saturated rings. The number of ether oxygens (including phenoxy) is 1. The van der Waals surface area contributed by atoms with Crippen molar-refractivity contribution >= 4 is 0 Å². The summed E-state index contributed by atoms with van der Waals surface area (Å²) in [4.78, 5) is 8.01. The number of rotatable bonds is 3. The highest BCUT2D eigenvalue weighted by atomic mass is 16.5. The molecule has 2 unspecified atom stereocenters. The Hall–Kier alpha value is -0.200. The highest BCUT2D eigenvalue weighted by Crippen LogP contribution is 2.35. The molecule has 24 heavy (non-hydrogen) atoms. The van der Waals surface area contributed by atoms with Gasteiger partial charge in [0, 0.05) is 45.8 Å². The van der Waals surface area contributed by atoms with Crippen molar-refractivity contribution in [3.63, 3.8) is 0 Å². The lowest BCUT2D eigenvalue weighted by molar-refractivity contribution is -0.249. The van der Waals surface area contributed by atoms with Gasteiger partial charge in [0.05, 0.1) is 6.61 Å². The molecule has 0 N–H and O–H groups in total. The Labute approximate surface area is 147 Å². The Bertz CT molecular complexity index is 387. The van der Waals surface area contributed by atoms with E-state index in [1.54, 1.807) is 0 Å². The number of morpholine rings is 1. The van der Waals surface area contributed by atoms with Gasteiger partial charge in [0.1, 0.15) is 0 Å². The van der Waals surface area contributed by atoms with E-state index in [-0.39, 0.29) is 12.0 Å². The molecule has 2 atom stereocenters. The van der Waals surface area contributed by atoms with E-state index < -0.39 is 0 Å². The third kappa shape index (κ3) is 3.26. The molecule has 4 aliphatic rings. The SMILES string of the molecule is C1CCCN(C2(N3CCCCC3)[N]CCOC2N2CCCC2)CC1. The molecule has 0 aromatic rings. The summed E-state index contributed by atoms with van der Waals surface area (Å²) in [6.07, 6.45) is 12.2. The first-order valence-electron chi connectivity index (χ1n) is 10.5. The van der Waals surface area contributed by atoms with Gasteiger partial charge in [0.25, 0.3) is 0 Å². The summed E-state index contributed by atoms with van der Waals surface area (Å²) in [5.74, 6) is -0.215. The van der Waals surface area contributed by atoms with Crippen molar-refractivity contribution < 1.29 is 4.74 Å². The van der Waals surface area contributed by atoms with E-state index in [0.29, 0.717) is 0 Å². The maximum absolute atomic E-state index is 6.47. The molecule has 0 aromatic carbocycles. The molecule has 4 rings (SSSR count). The van der Waals surface area contributed by atoms with Gasteiger partial charge in [-0.05, 0) is 38.5 Å². The molecular weight excluding hydrogens is 300 g/mol. The minimum Gasteiger partial charge on any atom is -0.357 e. The number of piperidine rings is 1. The van der Waals surface area contributed by atoms with E-state index in [1.165, 1.54) is 97.1 Å². The Kier molecular flexibility index (Phi) is 5.74. The predicted octanol–water partition coefficient (Wildman–Crippen LogP) is 2.06. The smallest absolute Gasteiger partial charge is 0.185 e. The first kappa shape index (κ1) is 17.2. The molecule has 5 heteroatoms. The van der Waals surface area contributed by atoms with Crippen LogP contribution in [0.15, 0.2) is 0 Å². The zero-order chi connectivity index (χ0) is 16.2. The van der Waals surface area contributed by atoms with E-state index >= 15 is 0 Å². The quantitative estimate of drug-likeness (QED) is 0.790. The molecule has 0 spiro atoms. The summed E-state index contributed by atoms with van der Waals surface area (Å²) in [7, 11) is 0. The van der Waals surface area contributed by atoms with Crippen molar-refractivity contribution in [1.82, 2.24) is 20.0 Å². The van der Waals surface area contributed by atoms with Gasteiger partial charge in [0.15, 0.2) is 12.0 Å². The van der Waals surface area contributed by atoms with Crippen molar-refractivity contribution in [2.45, 2.75) is 69.8 Å². The summed E-state index contributed by atoms with van der Waals surface area (Å²) in [6.45, 7) is 8.78. The van der Waals surface area contributed by atoms with Gasteiger partial charge in [-0.25, -0.2) is 0 Å². The van der Waals surface area contributed by atoms with Crippen LogP contribution in [-0.4, -0.2) is 79.1 Å². The molecule has 0 amide bonds. The van der Waals surface area contributed by atoms with E-state index in [2.05, 4.69) is 14.7 Å². The fraction of sp³-hybridized carbons (Fsp3) is 1.00. The molecular formula is C19H35N4O. The Morgan fingerprint density at radius 3 is 1.75 bits per heavy atom. The average molecular weight is 336 g/mol. The van der Waals surface area contributed by atoms with Crippen molar-refractivity contribution in [3.05, 3.63) is 0 Å². The zero-order valence-corrected chi connectivity index (χ0v) is 15.3.